The number of hydrogen-bond acceptors (Lipinski definition) is 0. The van der Waals surface area contributed by atoms with Gasteiger partial charge in [0.1, 0.15) is 17.9 Å². The summed E-state index contributed by atoms with van der Waals surface area (Å²) in [7, 11) is 0. The fourth-order valence-corrected chi connectivity index (χ4v) is 0.978. The van der Waals surface area contributed by atoms with Gasteiger partial charge in [-0.2, -0.15) is 0 Å². The van der Waals surface area contributed by atoms with Crippen LogP contribution in [0.15, 0.2) is 18.7 Å². The van der Waals surface area contributed by atoms with Gasteiger partial charge in [-0.05, 0) is 27.7 Å². The lowest BCUT2D eigenvalue weighted by molar-refractivity contribution is -0.693. The first-order valence-electron chi connectivity index (χ1n) is 4.11. The van der Waals surface area contributed by atoms with Crippen molar-refractivity contribution in [3.8, 4) is 0 Å². The molecule has 0 aliphatic rings. The van der Waals surface area contributed by atoms with E-state index < -0.39 is 0 Å². The summed E-state index contributed by atoms with van der Waals surface area (Å²) in [6.45, 7) is 9.79. The number of aryl methyl sites for hydroxylation is 1. The Kier molecular flexibility index (Phi) is 2.03. The van der Waals surface area contributed by atoms with Crippen LogP contribution in [0.1, 0.15) is 27.7 Å². The Labute approximate surface area is 68.5 Å². The van der Waals surface area contributed by atoms with Gasteiger partial charge in [0.15, 0.2) is 0 Å². The summed E-state index contributed by atoms with van der Waals surface area (Å²) in [4.78, 5) is 0. The van der Waals surface area contributed by atoms with E-state index in [0.29, 0.717) is 0 Å². The van der Waals surface area contributed by atoms with Crippen LogP contribution < -0.4 is 4.57 Å². The summed E-state index contributed by atoms with van der Waals surface area (Å²) in [6.07, 6.45) is 6.36. The minimum atomic E-state index is 0.209. The van der Waals surface area contributed by atoms with Crippen LogP contribution in [0.4, 0.5) is 0 Å². The summed E-state index contributed by atoms with van der Waals surface area (Å²) < 4.78 is 4.39. The molecule has 0 saturated carbocycles. The Bertz CT molecular complexity index is 230. The maximum Gasteiger partial charge on any atom is 0.244 e. The van der Waals surface area contributed by atoms with Crippen LogP contribution in [0, 0.1) is 0 Å². The zero-order chi connectivity index (χ0) is 8.48. The molecule has 0 saturated heterocycles. The molecule has 0 aliphatic carbocycles. The van der Waals surface area contributed by atoms with Crippen molar-refractivity contribution < 1.29 is 4.57 Å². The zero-order valence-corrected chi connectivity index (χ0v) is 7.83. The Balaban J connectivity index is 2.89. The Morgan fingerprint density at radius 2 is 2.00 bits per heavy atom. The van der Waals surface area contributed by atoms with Crippen LogP contribution >= 0.6 is 0 Å². The largest absolute Gasteiger partial charge is 0.244 e. The molecular formula is C9H17N2+. The Hall–Kier alpha value is -0.790. The molecule has 1 aromatic rings. The van der Waals surface area contributed by atoms with Crippen molar-refractivity contribution in [1.29, 1.82) is 0 Å². The quantitative estimate of drug-likeness (QED) is 0.541. The van der Waals surface area contributed by atoms with E-state index in [9.17, 15) is 0 Å². The molecule has 1 heterocycles. The molecule has 1 rings (SSSR count). The highest BCUT2D eigenvalue weighted by Gasteiger charge is 2.18. The van der Waals surface area contributed by atoms with Gasteiger partial charge in [0.25, 0.3) is 0 Å². The van der Waals surface area contributed by atoms with Crippen molar-refractivity contribution >= 4 is 0 Å². The second kappa shape index (κ2) is 2.68. The molecule has 2 nitrogen and oxygen atoms in total. The number of imidazole rings is 1. The highest BCUT2D eigenvalue weighted by Crippen LogP contribution is 2.10. The first kappa shape index (κ1) is 8.31. The molecule has 0 aromatic carbocycles. The minimum Gasteiger partial charge on any atom is -0.237 e. The lowest BCUT2D eigenvalue weighted by Crippen LogP contribution is -2.31. The van der Waals surface area contributed by atoms with E-state index in [1.807, 2.05) is 0 Å². The maximum atomic E-state index is 2.22. The predicted octanol–water partition coefficient (Wildman–Crippen LogP) is 1.55. The first-order chi connectivity index (χ1) is 5.04. The van der Waals surface area contributed by atoms with Crippen molar-refractivity contribution in [3.63, 3.8) is 0 Å². The van der Waals surface area contributed by atoms with E-state index >= 15 is 0 Å². The van der Waals surface area contributed by atoms with Crippen LogP contribution in [0.5, 0.6) is 0 Å². The molecule has 0 aliphatic heterocycles. The first-order valence-corrected chi connectivity index (χ1v) is 4.11. The molecular weight excluding hydrogens is 136 g/mol. The van der Waals surface area contributed by atoms with Gasteiger partial charge in [-0.1, -0.05) is 0 Å². The van der Waals surface area contributed by atoms with Gasteiger partial charge in [-0.3, -0.25) is 0 Å². The summed E-state index contributed by atoms with van der Waals surface area (Å²) in [5.74, 6) is 0. The minimum absolute atomic E-state index is 0.209. The van der Waals surface area contributed by atoms with E-state index in [4.69, 9.17) is 0 Å². The molecule has 0 atom stereocenters. The van der Waals surface area contributed by atoms with Crippen molar-refractivity contribution in [3.05, 3.63) is 18.7 Å². The van der Waals surface area contributed by atoms with Crippen LogP contribution in [-0.2, 0) is 12.1 Å². The summed E-state index contributed by atoms with van der Waals surface area (Å²) >= 11 is 0. The van der Waals surface area contributed by atoms with Crippen molar-refractivity contribution in [2.75, 3.05) is 0 Å². The average Bonchev–Trinajstić information content (AvgIpc) is 2.32. The molecule has 0 radical (unpaired) electrons. The van der Waals surface area contributed by atoms with Gasteiger partial charge in [-0.15, -0.1) is 0 Å². The lowest BCUT2D eigenvalue weighted by atomic mass is 10.1. The topological polar surface area (TPSA) is 8.81 Å². The van der Waals surface area contributed by atoms with Crippen molar-refractivity contribution in [2.45, 2.75) is 39.8 Å². The average molecular weight is 153 g/mol. The fourth-order valence-electron chi connectivity index (χ4n) is 0.978. The predicted molar refractivity (Wildman–Crippen MR) is 45.3 cm³/mol. The number of rotatable bonds is 1. The maximum absolute atomic E-state index is 2.22. The van der Waals surface area contributed by atoms with E-state index in [1.165, 1.54) is 0 Å². The standard InChI is InChI=1S/C9H17N2/c1-5-10-6-7-11(8-10)9(2,3)4/h6-8H,5H2,1-4H3/q+1. The lowest BCUT2D eigenvalue weighted by Gasteiger charge is -2.13. The molecule has 11 heavy (non-hydrogen) atoms. The van der Waals surface area contributed by atoms with Crippen LogP contribution in [0.2, 0.25) is 0 Å². The highest BCUT2D eigenvalue weighted by atomic mass is 15.1. The SMILES string of the molecule is CC[n+]1ccn(C(C)(C)C)c1. The van der Waals surface area contributed by atoms with Gasteiger partial charge in [-0.25, -0.2) is 9.13 Å². The van der Waals surface area contributed by atoms with Crippen molar-refractivity contribution in [1.82, 2.24) is 4.57 Å². The Morgan fingerprint density at radius 1 is 1.36 bits per heavy atom. The second-order valence-corrected chi connectivity index (χ2v) is 3.82. The van der Waals surface area contributed by atoms with Gasteiger partial charge in [0.05, 0.1) is 6.54 Å². The molecule has 0 N–H and O–H groups in total. The Morgan fingerprint density at radius 3 is 2.27 bits per heavy atom. The molecule has 0 spiro atoms. The monoisotopic (exact) mass is 153 g/mol. The molecule has 1 aromatic heterocycles. The highest BCUT2D eigenvalue weighted by molar-refractivity contribution is 4.78. The van der Waals surface area contributed by atoms with Gasteiger partial charge >= 0.3 is 0 Å². The third-order valence-corrected chi connectivity index (χ3v) is 1.83. The van der Waals surface area contributed by atoms with E-state index in [2.05, 4.69) is 55.6 Å². The van der Waals surface area contributed by atoms with E-state index in [1.54, 1.807) is 0 Å². The van der Waals surface area contributed by atoms with Gasteiger partial charge in [0, 0.05) is 0 Å². The fraction of sp³-hybridized carbons (Fsp3) is 0.667. The van der Waals surface area contributed by atoms with E-state index in [0.717, 1.165) is 6.54 Å². The second-order valence-electron chi connectivity index (χ2n) is 3.82. The van der Waals surface area contributed by atoms with E-state index in [-0.39, 0.29) is 5.54 Å². The van der Waals surface area contributed by atoms with Crippen LogP contribution in [-0.4, -0.2) is 4.57 Å². The summed E-state index contributed by atoms with van der Waals surface area (Å²) in [5.41, 5.74) is 0.209. The van der Waals surface area contributed by atoms with Crippen LogP contribution in [0.25, 0.3) is 0 Å². The van der Waals surface area contributed by atoms with Gasteiger partial charge in [0.2, 0.25) is 6.33 Å². The molecule has 0 unspecified atom stereocenters. The molecule has 0 bridgehead atoms. The number of hydrogen-bond donors (Lipinski definition) is 0. The summed E-state index contributed by atoms with van der Waals surface area (Å²) in [5, 5.41) is 0. The summed E-state index contributed by atoms with van der Waals surface area (Å²) in [6, 6.07) is 0. The number of aromatic nitrogens is 2. The zero-order valence-electron chi connectivity index (χ0n) is 7.83. The number of nitrogens with zero attached hydrogens (tertiary/aromatic N) is 2. The molecule has 62 valence electrons. The van der Waals surface area contributed by atoms with Gasteiger partial charge < -0.3 is 0 Å². The third kappa shape index (κ3) is 1.82. The molecule has 2 heteroatoms. The van der Waals surface area contributed by atoms with Crippen LogP contribution in [0.3, 0.4) is 0 Å². The molecule has 0 fully saturated rings. The van der Waals surface area contributed by atoms with Crippen molar-refractivity contribution in [2.24, 2.45) is 0 Å². The smallest absolute Gasteiger partial charge is 0.237 e. The third-order valence-electron chi connectivity index (χ3n) is 1.83. The normalized spacial score (nSPS) is 12.0. The molecule has 0 amide bonds.